The molecule has 1 N–H and O–H groups in total. The van der Waals surface area contributed by atoms with Gasteiger partial charge in [0.15, 0.2) is 5.82 Å². The third kappa shape index (κ3) is 7.23. The third-order valence-electron chi connectivity index (χ3n) is 7.40. The molecular weight excluding hydrogens is 468 g/mol. The lowest BCUT2D eigenvalue weighted by Gasteiger charge is -2.32. The first kappa shape index (κ1) is 26.5. The Kier molecular flexibility index (Phi) is 8.57. The Labute approximate surface area is 215 Å². The first-order chi connectivity index (χ1) is 17.2. The number of carbonyl (C=O) groups is 1. The number of allylic oxidation sites excluding steroid dienone is 4. The van der Waals surface area contributed by atoms with Crippen molar-refractivity contribution in [2.45, 2.75) is 77.9 Å². The van der Waals surface area contributed by atoms with Crippen molar-refractivity contribution in [2.24, 2.45) is 17.8 Å². The summed E-state index contributed by atoms with van der Waals surface area (Å²) in [6.45, 7) is 10.1. The highest BCUT2D eigenvalue weighted by Crippen LogP contribution is 2.39. The van der Waals surface area contributed by atoms with E-state index in [1.54, 1.807) is 0 Å². The van der Waals surface area contributed by atoms with Crippen LogP contribution in [0.4, 0.5) is 0 Å². The highest BCUT2D eigenvalue weighted by atomic mass is 28.3. The van der Waals surface area contributed by atoms with Gasteiger partial charge in [-0.25, -0.2) is 9.67 Å². The van der Waals surface area contributed by atoms with Gasteiger partial charge in [-0.2, -0.15) is 5.10 Å². The van der Waals surface area contributed by atoms with E-state index < -0.39 is 14.0 Å². The maximum atomic E-state index is 11.0. The topological polar surface area (TPSA) is 90.1 Å². The summed E-state index contributed by atoms with van der Waals surface area (Å²) in [6.07, 6.45) is 14.4. The predicted octanol–water partition coefficient (Wildman–Crippen LogP) is 6.20. The number of carboxylic acid groups (broad SMARTS) is 1. The summed E-state index contributed by atoms with van der Waals surface area (Å²) in [5, 5.41) is 13.6. The van der Waals surface area contributed by atoms with E-state index >= 15 is 0 Å². The fourth-order valence-corrected chi connectivity index (χ4v) is 5.99. The first-order valence-electron chi connectivity index (χ1n) is 13.2. The van der Waals surface area contributed by atoms with Crippen LogP contribution in [-0.4, -0.2) is 45.5 Å². The summed E-state index contributed by atoms with van der Waals surface area (Å²) in [5.41, 5.74) is 3.06. The summed E-state index contributed by atoms with van der Waals surface area (Å²) in [7, 11) is -1.12. The number of aliphatic carboxylic acids is 1. The van der Waals surface area contributed by atoms with Gasteiger partial charge in [0.2, 0.25) is 0 Å². The average Bonchev–Trinajstić information content (AvgIpc) is 3.22. The minimum atomic E-state index is -1.12. The van der Waals surface area contributed by atoms with Gasteiger partial charge in [-0.15, -0.1) is 0 Å². The molecule has 0 spiro atoms. The van der Waals surface area contributed by atoms with Crippen molar-refractivity contribution < 1.29 is 14.6 Å². The van der Waals surface area contributed by atoms with Crippen LogP contribution in [0.25, 0.3) is 17.0 Å². The molecule has 0 amide bonds. The number of aromatic nitrogens is 4. The smallest absolute Gasteiger partial charge is 0.303 e. The second-order valence-corrected chi connectivity index (χ2v) is 17.2. The van der Waals surface area contributed by atoms with Gasteiger partial charge >= 0.3 is 5.97 Å². The molecule has 8 heteroatoms. The zero-order valence-electron chi connectivity index (χ0n) is 22.1. The van der Waals surface area contributed by atoms with Gasteiger partial charge in [0.1, 0.15) is 12.6 Å². The molecule has 2 aliphatic carbocycles. The predicted molar refractivity (Wildman–Crippen MR) is 145 cm³/mol. The lowest BCUT2D eigenvalue weighted by atomic mass is 9.73. The van der Waals surface area contributed by atoms with E-state index in [9.17, 15) is 4.79 Å². The molecule has 4 rings (SSSR count). The zero-order chi connectivity index (χ0) is 25.7. The average molecular weight is 509 g/mol. The molecule has 1 fully saturated rings. The molecule has 1 saturated carbocycles. The summed E-state index contributed by atoms with van der Waals surface area (Å²) in [6, 6.07) is 5.25. The maximum Gasteiger partial charge on any atom is 0.303 e. The molecule has 0 saturated heterocycles. The van der Waals surface area contributed by atoms with E-state index in [2.05, 4.69) is 60.1 Å². The van der Waals surface area contributed by atoms with Crippen molar-refractivity contribution in [2.75, 3.05) is 6.61 Å². The second kappa shape index (κ2) is 11.6. The number of carboxylic acids is 1. The van der Waals surface area contributed by atoms with Gasteiger partial charge < -0.3 is 9.84 Å². The molecule has 0 aromatic carbocycles. The van der Waals surface area contributed by atoms with Crippen molar-refractivity contribution in [3.8, 4) is 11.4 Å². The zero-order valence-corrected chi connectivity index (χ0v) is 23.1. The molecule has 36 heavy (non-hydrogen) atoms. The lowest BCUT2D eigenvalue weighted by molar-refractivity contribution is -0.138. The number of hydrogen-bond acceptors (Lipinski definition) is 5. The minimum absolute atomic E-state index is 0.320. The Bertz CT molecular complexity index is 1090. The standard InChI is InChI=1S/C28H40N4O3Si/c1-20-30-28(32(31-20)19-35-15-16-36(2,3)4)25-13-14-26(29-18-25)24-11-9-23(10-12-24)22-7-5-21(6-8-22)17-27(33)34/h9,11-14,18,21-23H,5-8,10,15-17,19H2,1-4H3,(H,33,34)/t21-,22-,23?. The van der Waals surface area contributed by atoms with E-state index in [0.717, 1.165) is 73.2 Å². The van der Waals surface area contributed by atoms with Crippen molar-refractivity contribution in [1.82, 2.24) is 19.7 Å². The van der Waals surface area contributed by atoms with Crippen LogP contribution < -0.4 is 0 Å². The van der Waals surface area contributed by atoms with Crippen molar-refractivity contribution in [1.29, 1.82) is 0 Å². The molecule has 7 nitrogen and oxygen atoms in total. The van der Waals surface area contributed by atoms with E-state index in [0.29, 0.717) is 30.9 Å². The lowest BCUT2D eigenvalue weighted by Crippen LogP contribution is -2.22. The highest BCUT2D eigenvalue weighted by molar-refractivity contribution is 6.76. The van der Waals surface area contributed by atoms with Crippen LogP contribution in [0.2, 0.25) is 25.7 Å². The Balaban J connectivity index is 1.33. The molecule has 2 heterocycles. The van der Waals surface area contributed by atoms with Crippen molar-refractivity contribution in [3.63, 3.8) is 0 Å². The van der Waals surface area contributed by atoms with Crippen LogP contribution in [0.5, 0.6) is 0 Å². The van der Waals surface area contributed by atoms with Gasteiger partial charge in [-0.3, -0.25) is 9.78 Å². The number of hydrogen-bond donors (Lipinski definition) is 1. The summed E-state index contributed by atoms with van der Waals surface area (Å²) >= 11 is 0. The number of nitrogens with zero attached hydrogens (tertiary/aromatic N) is 4. The molecule has 0 radical (unpaired) electrons. The SMILES string of the molecule is Cc1nc(-c2ccc(C3=CCC([C@H]4CC[C@H](CC(=O)O)CC4)C=C3)nc2)n(COCC[Si](C)(C)C)n1. The van der Waals surface area contributed by atoms with Crippen LogP contribution in [-0.2, 0) is 16.3 Å². The fraction of sp³-hybridized carbons (Fsp3) is 0.571. The molecule has 0 bridgehead atoms. The maximum absolute atomic E-state index is 11.0. The Morgan fingerprint density at radius 3 is 2.58 bits per heavy atom. The summed E-state index contributed by atoms with van der Waals surface area (Å²) in [4.78, 5) is 20.3. The number of ether oxygens (including phenoxy) is 1. The van der Waals surface area contributed by atoms with Gasteiger partial charge in [0, 0.05) is 32.9 Å². The van der Waals surface area contributed by atoms with Crippen LogP contribution in [0, 0.1) is 24.7 Å². The van der Waals surface area contributed by atoms with Crippen LogP contribution >= 0.6 is 0 Å². The van der Waals surface area contributed by atoms with Crippen LogP contribution in [0.3, 0.4) is 0 Å². The Morgan fingerprint density at radius 2 is 1.97 bits per heavy atom. The molecule has 0 aliphatic heterocycles. The minimum Gasteiger partial charge on any atom is -0.481 e. The Hall–Kier alpha value is -2.58. The number of aryl methyl sites for hydroxylation is 1. The molecule has 2 aromatic rings. The monoisotopic (exact) mass is 508 g/mol. The highest BCUT2D eigenvalue weighted by Gasteiger charge is 2.28. The van der Waals surface area contributed by atoms with E-state index in [1.807, 2.05) is 17.8 Å². The van der Waals surface area contributed by atoms with E-state index in [-0.39, 0.29) is 0 Å². The molecule has 194 valence electrons. The molecule has 2 aromatic heterocycles. The quantitative estimate of drug-likeness (QED) is 0.303. The molecule has 1 atom stereocenters. The van der Waals surface area contributed by atoms with Crippen LogP contribution in [0.15, 0.2) is 36.6 Å². The number of pyridine rings is 1. The van der Waals surface area contributed by atoms with Gasteiger partial charge in [-0.1, -0.05) is 37.9 Å². The fourth-order valence-electron chi connectivity index (χ4n) is 5.23. The van der Waals surface area contributed by atoms with Gasteiger partial charge in [-0.05, 0) is 80.5 Å². The molecular formula is C28H40N4O3Si. The normalized spacial score (nSPS) is 22.4. The Morgan fingerprint density at radius 1 is 1.19 bits per heavy atom. The van der Waals surface area contributed by atoms with Crippen LogP contribution in [0.1, 0.15) is 50.0 Å². The largest absolute Gasteiger partial charge is 0.481 e. The van der Waals surface area contributed by atoms with E-state index in [4.69, 9.17) is 14.8 Å². The molecule has 1 unspecified atom stereocenters. The van der Waals surface area contributed by atoms with E-state index in [1.165, 1.54) is 0 Å². The van der Waals surface area contributed by atoms with Gasteiger partial charge in [0.25, 0.3) is 0 Å². The summed E-state index contributed by atoms with van der Waals surface area (Å²) < 4.78 is 7.73. The second-order valence-electron chi connectivity index (χ2n) is 11.6. The first-order valence-corrected chi connectivity index (χ1v) is 16.9. The van der Waals surface area contributed by atoms with Gasteiger partial charge in [0.05, 0.1) is 5.69 Å². The van der Waals surface area contributed by atoms with Crippen molar-refractivity contribution in [3.05, 3.63) is 48.1 Å². The number of rotatable bonds is 10. The van der Waals surface area contributed by atoms with Crippen molar-refractivity contribution >= 4 is 19.6 Å². The third-order valence-corrected chi connectivity index (χ3v) is 9.10. The summed E-state index contributed by atoms with van der Waals surface area (Å²) in [5.74, 6) is 2.40. The molecule has 2 aliphatic rings.